The molecule has 3 heterocycles. The lowest BCUT2D eigenvalue weighted by molar-refractivity contribution is 0.0996. The lowest BCUT2D eigenvalue weighted by atomic mass is 10.3. The number of anilines is 1. The molecule has 3 aromatic heterocycles. The summed E-state index contributed by atoms with van der Waals surface area (Å²) in [5.74, 6) is 0.635. The molecular formula is C13H10N4O2. The van der Waals surface area contributed by atoms with Crippen LogP contribution in [0.2, 0.25) is 0 Å². The van der Waals surface area contributed by atoms with Crippen LogP contribution in [0.1, 0.15) is 10.6 Å². The fourth-order valence-corrected chi connectivity index (χ4v) is 1.60. The zero-order valence-electron chi connectivity index (χ0n) is 9.85. The van der Waals surface area contributed by atoms with Crippen molar-refractivity contribution >= 4 is 11.6 Å². The van der Waals surface area contributed by atoms with Crippen molar-refractivity contribution in [2.75, 3.05) is 5.32 Å². The first-order chi connectivity index (χ1) is 9.33. The number of hydrogen-bond donors (Lipinski definition) is 1. The number of rotatable bonds is 3. The monoisotopic (exact) mass is 254 g/mol. The van der Waals surface area contributed by atoms with Crippen LogP contribution in [0.4, 0.5) is 5.69 Å². The Hall–Kier alpha value is -2.89. The number of carbonyl (C=O) groups excluding carboxylic acids is 1. The zero-order valence-corrected chi connectivity index (χ0v) is 9.85. The Bertz CT molecular complexity index is 657. The highest BCUT2D eigenvalue weighted by Gasteiger charge is 2.08. The van der Waals surface area contributed by atoms with Gasteiger partial charge in [0.25, 0.3) is 5.91 Å². The summed E-state index contributed by atoms with van der Waals surface area (Å²) in [7, 11) is 0. The van der Waals surface area contributed by atoms with E-state index in [9.17, 15) is 4.79 Å². The highest BCUT2D eigenvalue weighted by atomic mass is 16.3. The minimum absolute atomic E-state index is 0.260. The quantitative estimate of drug-likeness (QED) is 0.776. The van der Waals surface area contributed by atoms with E-state index in [2.05, 4.69) is 15.4 Å². The van der Waals surface area contributed by atoms with Gasteiger partial charge in [-0.2, -0.15) is 5.10 Å². The van der Waals surface area contributed by atoms with E-state index in [1.807, 2.05) is 6.07 Å². The van der Waals surface area contributed by atoms with E-state index in [-0.39, 0.29) is 11.7 Å². The average Bonchev–Trinajstić information content (AvgIpc) is 3.13. The molecular weight excluding hydrogens is 244 g/mol. The van der Waals surface area contributed by atoms with Gasteiger partial charge in [-0.3, -0.25) is 4.79 Å². The first kappa shape index (κ1) is 11.2. The van der Waals surface area contributed by atoms with E-state index in [4.69, 9.17) is 4.42 Å². The molecule has 6 heteroatoms. The smallest absolute Gasteiger partial charge is 0.291 e. The summed E-state index contributed by atoms with van der Waals surface area (Å²) in [6.45, 7) is 0. The van der Waals surface area contributed by atoms with Gasteiger partial charge in [-0.15, -0.1) is 0 Å². The molecule has 1 amide bonds. The number of nitrogens with one attached hydrogen (secondary N) is 1. The molecule has 3 rings (SSSR count). The summed E-state index contributed by atoms with van der Waals surface area (Å²) < 4.78 is 6.64. The molecule has 3 aromatic rings. The van der Waals surface area contributed by atoms with Gasteiger partial charge in [-0.05, 0) is 30.3 Å². The molecule has 0 spiro atoms. The Morgan fingerprint density at radius 2 is 2.21 bits per heavy atom. The second-order valence-electron chi connectivity index (χ2n) is 3.79. The van der Waals surface area contributed by atoms with Gasteiger partial charge in [0, 0.05) is 12.4 Å². The van der Waals surface area contributed by atoms with Crippen molar-refractivity contribution in [3.05, 3.63) is 60.9 Å². The van der Waals surface area contributed by atoms with Gasteiger partial charge in [-0.1, -0.05) is 0 Å². The first-order valence-corrected chi connectivity index (χ1v) is 5.64. The third-order valence-corrected chi connectivity index (χ3v) is 2.49. The lowest BCUT2D eigenvalue weighted by Crippen LogP contribution is -2.11. The Labute approximate surface area is 108 Å². The summed E-state index contributed by atoms with van der Waals surface area (Å²) >= 11 is 0. The minimum atomic E-state index is -0.307. The normalized spacial score (nSPS) is 10.3. The van der Waals surface area contributed by atoms with Crippen LogP contribution in [0.5, 0.6) is 0 Å². The predicted molar refractivity (Wildman–Crippen MR) is 68.0 cm³/mol. The van der Waals surface area contributed by atoms with Crippen LogP contribution in [0.15, 0.2) is 59.6 Å². The zero-order chi connectivity index (χ0) is 13.1. The largest absolute Gasteiger partial charge is 0.459 e. The standard InChI is InChI=1S/C13H10N4O2/c18-13(11-3-1-8-19-11)16-10-4-5-12(14-9-10)17-7-2-6-15-17/h1-9H,(H,16,18). The third kappa shape index (κ3) is 2.37. The van der Waals surface area contributed by atoms with Gasteiger partial charge in [0.1, 0.15) is 0 Å². The number of carbonyl (C=O) groups is 1. The maximum atomic E-state index is 11.7. The van der Waals surface area contributed by atoms with E-state index in [1.165, 1.54) is 6.26 Å². The van der Waals surface area contributed by atoms with Gasteiger partial charge >= 0.3 is 0 Å². The van der Waals surface area contributed by atoms with Crippen LogP contribution < -0.4 is 5.32 Å². The van der Waals surface area contributed by atoms with Gasteiger partial charge in [0.2, 0.25) is 0 Å². The number of hydrogen-bond acceptors (Lipinski definition) is 4. The SMILES string of the molecule is O=C(Nc1ccc(-n2cccn2)nc1)c1ccco1. The highest BCUT2D eigenvalue weighted by Crippen LogP contribution is 2.11. The van der Waals surface area contributed by atoms with Crippen molar-refractivity contribution in [1.82, 2.24) is 14.8 Å². The molecule has 0 atom stereocenters. The molecule has 0 radical (unpaired) electrons. The number of amides is 1. The topological polar surface area (TPSA) is 73.0 Å². The number of aromatic nitrogens is 3. The lowest BCUT2D eigenvalue weighted by Gasteiger charge is -2.04. The molecule has 0 aliphatic carbocycles. The molecule has 0 bridgehead atoms. The van der Waals surface area contributed by atoms with Crippen LogP contribution in [-0.2, 0) is 0 Å². The summed E-state index contributed by atoms with van der Waals surface area (Å²) in [4.78, 5) is 15.9. The summed E-state index contributed by atoms with van der Waals surface area (Å²) in [5.41, 5.74) is 0.595. The molecule has 0 aromatic carbocycles. The number of nitrogens with zero attached hydrogens (tertiary/aromatic N) is 3. The summed E-state index contributed by atoms with van der Waals surface area (Å²) in [5, 5.41) is 6.76. The third-order valence-electron chi connectivity index (χ3n) is 2.49. The first-order valence-electron chi connectivity index (χ1n) is 5.64. The van der Waals surface area contributed by atoms with Crippen molar-refractivity contribution in [3.8, 4) is 5.82 Å². The number of furan rings is 1. The van der Waals surface area contributed by atoms with E-state index in [0.29, 0.717) is 11.5 Å². The fourth-order valence-electron chi connectivity index (χ4n) is 1.60. The minimum Gasteiger partial charge on any atom is -0.459 e. The molecule has 0 saturated carbocycles. The Balaban J connectivity index is 1.75. The molecule has 0 aliphatic rings. The second-order valence-corrected chi connectivity index (χ2v) is 3.79. The second kappa shape index (κ2) is 4.77. The Morgan fingerprint density at radius 3 is 2.84 bits per heavy atom. The molecule has 6 nitrogen and oxygen atoms in total. The van der Waals surface area contributed by atoms with Crippen molar-refractivity contribution < 1.29 is 9.21 Å². The van der Waals surface area contributed by atoms with Crippen molar-refractivity contribution in [1.29, 1.82) is 0 Å². The molecule has 0 aliphatic heterocycles. The predicted octanol–water partition coefficient (Wildman–Crippen LogP) is 2.11. The van der Waals surface area contributed by atoms with Gasteiger partial charge < -0.3 is 9.73 Å². The Morgan fingerprint density at radius 1 is 1.26 bits per heavy atom. The van der Waals surface area contributed by atoms with Crippen LogP contribution in [0.3, 0.4) is 0 Å². The van der Waals surface area contributed by atoms with Gasteiger partial charge in [0.05, 0.1) is 18.1 Å². The van der Waals surface area contributed by atoms with E-state index < -0.39 is 0 Å². The van der Waals surface area contributed by atoms with Gasteiger partial charge in [0.15, 0.2) is 11.6 Å². The number of pyridine rings is 1. The molecule has 1 N–H and O–H groups in total. The van der Waals surface area contributed by atoms with Gasteiger partial charge in [-0.25, -0.2) is 9.67 Å². The molecule has 0 saturated heterocycles. The maximum Gasteiger partial charge on any atom is 0.291 e. The summed E-state index contributed by atoms with van der Waals surface area (Å²) in [6, 6.07) is 8.60. The van der Waals surface area contributed by atoms with E-state index >= 15 is 0 Å². The van der Waals surface area contributed by atoms with Crippen molar-refractivity contribution in [3.63, 3.8) is 0 Å². The van der Waals surface area contributed by atoms with Crippen LogP contribution in [-0.4, -0.2) is 20.7 Å². The van der Waals surface area contributed by atoms with E-state index in [1.54, 1.807) is 47.5 Å². The van der Waals surface area contributed by atoms with Crippen LogP contribution in [0, 0.1) is 0 Å². The highest BCUT2D eigenvalue weighted by molar-refractivity contribution is 6.02. The van der Waals surface area contributed by atoms with Crippen LogP contribution >= 0.6 is 0 Å². The fraction of sp³-hybridized carbons (Fsp3) is 0. The molecule has 94 valence electrons. The van der Waals surface area contributed by atoms with E-state index in [0.717, 1.165) is 0 Å². The average molecular weight is 254 g/mol. The Kier molecular flexibility index (Phi) is 2.82. The molecule has 19 heavy (non-hydrogen) atoms. The molecule has 0 unspecified atom stereocenters. The molecule has 0 fully saturated rings. The maximum absolute atomic E-state index is 11.7. The van der Waals surface area contributed by atoms with Crippen molar-refractivity contribution in [2.24, 2.45) is 0 Å². The van der Waals surface area contributed by atoms with Crippen molar-refractivity contribution in [2.45, 2.75) is 0 Å². The van der Waals surface area contributed by atoms with Crippen LogP contribution in [0.25, 0.3) is 5.82 Å². The summed E-state index contributed by atoms with van der Waals surface area (Å²) in [6.07, 6.45) is 6.49.